The lowest BCUT2D eigenvalue weighted by molar-refractivity contribution is -0.142. The SMILES string of the molecule is CCNC(=O)[C@@H](C)N(Cc1ccccc1F)C(=O)COc1ccccc1OC. The van der Waals surface area contributed by atoms with Gasteiger partial charge in [-0.25, -0.2) is 4.39 Å². The normalized spacial score (nSPS) is 11.4. The Labute approximate surface area is 164 Å². The quantitative estimate of drug-likeness (QED) is 0.717. The standard InChI is InChI=1S/C21H25FN2O4/c1-4-23-21(26)15(2)24(13-16-9-5-6-10-17(16)22)20(25)14-28-19-12-8-7-11-18(19)27-3/h5-12,15H,4,13-14H2,1-3H3,(H,23,26)/t15-/m1/s1. The number of carbonyl (C=O) groups is 2. The van der Waals surface area contributed by atoms with Gasteiger partial charge in [0, 0.05) is 18.7 Å². The van der Waals surface area contributed by atoms with Gasteiger partial charge in [0.25, 0.3) is 5.91 Å². The van der Waals surface area contributed by atoms with Crippen LogP contribution in [0.5, 0.6) is 11.5 Å². The van der Waals surface area contributed by atoms with Crippen LogP contribution in [-0.2, 0) is 16.1 Å². The fourth-order valence-corrected chi connectivity index (χ4v) is 2.68. The van der Waals surface area contributed by atoms with E-state index in [1.807, 2.05) is 0 Å². The fourth-order valence-electron chi connectivity index (χ4n) is 2.68. The predicted octanol–water partition coefficient (Wildman–Crippen LogP) is 2.77. The number of ether oxygens (including phenoxy) is 2. The summed E-state index contributed by atoms with van der Waals surface area (Å²) >= 11 is 0. The van der Waals surface area contributed by atoms with Gasteiger partial charge in [-0.3, -0.25) is 9.59 Å². The van der Waals surface area contributed by atoms with E-state index in [1.54, 1.807) is 56.3 Å². The first-order valence-electron chi connectivity index (χ1n) is 9.04. The summed E-state index contributed by atoms with van der Waals surface area (Å²) in [5.41, 5.74) is 0.323. The number of amides is 2. The highest BCUT2D eigenvalue weighted by molar-refractivity contribution is 5.87. The minimum Gasteiger partial charge on any atom is -0.493 e. The predicted molar refractivity (Wildman–Crippen MR) is 104 cm³/mol. The van der Waals surface area contributed by atoms with Gasteiger partial charge in [-0.1, -0.05) is 30.3 Å². The van der Waals surface area contributed by atoms with Gasteiger partial charge in [0.05, 0.1) is 7.11 Å². The van der Waals surface area contributed by atoms with Gasteiger partial charge in [0.1, 0.15) is 11.9 Å². The molecular weight excluding hydrogens is 363 g/mol. The van der Waals surface area contributed by atoms with Crippen LogP contribution in [-0.4, -0.2) is 43.0 Å². The maximum Gasteiger partial charge on any atom is 0.261 e. The lowest BCUT2D eigenvalue weighted by Gasteiger charge is -2.28. The number of hydrogen-bond donors (Lipinski definition) is 1. The van der Waals surface area contributed by atoms with Crippen molar-refractivity contribution in [1.82, 2.24) is 10.2 Å². The molecule has 1 atom stereocenters. The zero-order valence-corrected chi connectivity index (χ0v) is 16.3. The van der Waals surface area contributed by atoms with E-state index < -0.39 is 17.8 Å². The van der Waals surface area contributed by atoms with Crippen LogP contribution < -0.4 is 14.8 Å². The van der Waals surface area contributed by atoms with Crippen molar-refractivity contribution in [3.05, 3.63) is 59.9 Å². The van der Waals surface area contributed by atoms with Gasteiger partial charge in [0.15, 0.2) is 18.1 Å². The largest absolute Gasteiger partial charge is 0.493 e. The number of methoxy groups -OCH3 is 1. The molecule has 2 rings (SSSR count). The summed E-state index contributed by atoms with van der Waals surface area (Å²) in [4.78, 5) is 26.4. The van der Waals surface area contributed by atoms with Crippen LogP contribution in [0.4, 0.5) is 4.39 Å². The van der Waals surface area contributed by atoms with E-state index in [9.17, 15) is 14.0 Å². The number of nitrogens with one attached hydrogen (secondary N) is 1. The van der Waals surface area contributed by atoms with E-state index in [1.165, 1.54) is 18.1 Å². The van der Waals surface area contributed by atoms with E-state index in [-0.39, 0.29) is 19.1 Å². The maximum absolute atomic E-state index is 14.1. The molecule has 150 valence electrons. The van der Waals surface area contributed by atoms with Gasteiger partial charge >= 0.3 is 0 Å². The van der Waals surface area contributed by atoms with Gasteiger partial charge in [-0.05, 0) is 32.0 Å². The Morgan fingerprint density at radius 2 is 1.75 bits per heavy atom. The third-order valence-electron chi connectivity index (χ3n) is 4.24. The number of carbonyl (C=O) groups excluding carboxylic acids is 2. The number of likely N-dealkylation sites (N-methyl/N-ethyl adjacent to an activating group) is 1. The fraction of sp³-hybridized carbons (Fsp3) is 0.333. The summed E-state index contributed by atoms with van der Waals surface area (Å²) in [7, 11) is 1.51. The summed E-state index contributed by atoms with van der Waals surface area (Å²) in [6.07, 6.45) is 0. The molecule has 0 spiro atoms. The summed E-state index contributed by atoms with van der Waals surface area (Å²) in [6, 6.07) is 12.3. The molecule has 7 heteroatoms. The summed E-state index contributed by atoms with van der Waals surface area (Å²) in [5, 5.41) is 2.69. The Morgan fingerprint density at radius 1 is 1.11 bits per heavy atom. The number of para-hydroxylation sites is 2. The molecule has 6 nitrogen and oxygen atoms in total. The number of rotatable bonds is 9. The smallest absolute Gasteiger partial charge is 0.261 e. The molecule has 0 aliphatic heterocycles. The Morgan fingerprint density at radius 3 is 2.39 bits per heavy atom. The average molecular weight is 388 g/mol. The zero-order chi connectivity index (χ0) is 20.5. The van der Waals surface area contributed by atoms with Gasteiger partial charge < -0.3 is 19.7 Å². The summed E-state index contributed by atoms with van der Waals surface area (Å²) < 4.78 is 24.9. The molecule has 0 heterocycles. The first-order chi connectivity index (χ1) is 13.5. The van der Waals surface area contributed by atoms with Crippen molar-refractivity contribution in [2.24, 2.45) is 0 Å². The Balaban J connectivity index is 2.18. The highest BCUT2D eigenvalue weighted by atomic mass is 19.1. The third kappa shape index (κ3) is 5.45. The van der Waals surface area contributed by atoms with Crippen molar-refractivity contribution in [3.63, 3.8) is 0 Å². The molecule has 0 aromatic heterocycles. The second kappa shape index (κ2) is 10.3. The zero-order valence-electron chi connectivity index (χ0n) is 16.3. The minimum absolute atomic E-state index is 0.0426. The van der Waals surface area contributed by atoms with Crippen LogP contribution in [0.2, 0.25) is 0 Å². The molecule has 1 N–H and O–H groups in total. The van der Waals surface area contributed by atoms with Crippen molar-refractivity contribution in [3.8, 4) is 11.5 Å². The van der Waals surface area contributed by atoms with Gasteiger partial charge in [-0.15, -0.1) is 0 Å². The third-order valence-corrected chi connectivity index (χ3v) is 4.24. The molecule has 0 aliphatic carbocycles. The Bertz CT molecular complexity index is 812. The topological polar surface area (TPSA) is 67.9 Å². The minimum atomic E-state index is -0.784. The lowest BCUT2D eigenvalue weighted by Crippen LogP contribution is -2.49. The van der Waals surface area contributed by atoms with E-state index in [0.29, 0.717) is 23.6 Å². The van der Waals surface area contributed by atoms with E-state index in [0.717, 1.165) is 0 Å². The second-order valence-corrected chi connectivity index (χ2v) is 6.12. The van der Waals surface area contributed by atoms with Crippen LogP contribution in [0, 0.1) is 5.82 Å². The molecular formula is C21H25FN2O4. The maximum atomic E-state index is 14.1. The van der Waals surface area contributed by atoms with Crippen molar-refractivity contribution in [1.29, 1.82) is 0 Å². The van der Waals surface area contributed by atoms with Crippen molar-refractivity contribution in [2.75, 3.05) is 20.3 Å². The van der Waals surface area contributed by atoms with Crippen LogP contribution in [0.15, 0.2) is 48.5 Å². The van der Waals surface area contributed by atoms with Crippen molar-refractivity contribution >= 4 is 11.8 Å². The summed E-state index contributed by atoms with van der Waals surface area (Å²) in [5.74, 6) is -0.283. The highest BCUT2D eigenvalue weighted by Crippen LogP contribution is 2.26. The van der Waals surface area contributed by atoms with Crippen molar-refractivity contribution in [2.45, 2.75) is 26.4 Å². The second-order valence-electron chi connectivity index (χ2n) is 6.12. The van der Waals surface area contributed by atoms with Crippen LogP contribution in [0.25, 0.3) is 0 Å². The molecule has 0 saturated heterocycles. The Hall–Kier alpha value is -3.09. The molecule has 0 unspecified atom stereocenters. The van der Waals surface area contributed by atoms with Gasteiger partial charge in [0.2, 0.25) is 5.91 Å². The van der Waals surface area contributed by atoms with Crippen LogP contribution >= 0.6 is 0 Å². The van der Waals surface area contributed by atoms with E-state index in [4.69, 9.17) is 9.47 Å². The summed E-state index contributed by atoms with van der Waals surface area (Å²) in [6.45, 7) is 3.48. The van der Waals surface area contributed by atoms with Crippen molar-refractivity contribution < 1.29 is 23.5 Å². The van der Waals surface area contributed by atoms with E-state index in [2.05, 4.69) is 5.32 Å². The molecule has 0 radical (unpaired) electrons. The van der Waals surface area contributed by atoms with E-state index >= 15 is 0 Å². The molecule has 0 fully saturated rings. The molecule has 0 aliphatic rings. The molecule has 2 aromatic carbocycles. The molecule has 0 saturated carbocycles. The highest BCUT2D eigenvalue weighted by Gasteiger charge is 2.27. The molecule has 2 amide bonds. The number of hydrogen-bond acceptors (Lipinski definition) is 4. The molecule has 28 heavy (non-hydrogen) atoms. The monoisotopic (exact) mass is 388 g/mol. The number of nitrogens with zero attached hydrogens (tertiary/aromatic N) is 1. The average Bonchev–Trinajstić information content (AvgIpc) is 2.71. The number of halogens is 1. The number of benzene rings is 2. The lowest BCUT2D eigenvalue weighted by atomic mass is 10.1. The molecule has 0 bridgehead atoms. The Kier molecular flexibility index (Phi) is 7.80. The van der Waals surface area contributed by atoms with Gasteiger partial charge in [-0.2, -0.15) is 0 Å². The molecule has 2 aromatic rings. The van der Waals surface area contributed by atoms with Crippen LogP contribution in [0.1, 0.15) is 19.4 Å². The van der Waals surface area contributed by atoms with Crippen LogP contribution in [0.3, 0.4) is 0 Å². The first-order valence-corrected chi connectivity index (χ1v) is 9.04. The first kappa shape index (κ1) is 21.2.